The zero-order chi connectivity index (χ0) is 12.8. The zero-order valence-corrected chi connectivity index (χ0v) is 10.8. The highest BCUT2D eigenvalue weighted by Crippen LogP contribution is 2.28. The molecule has 0 aliphatic heterocycles. The van der Waals surface area contributed by atoms with Crippen LogP contribution in [-0.2, 0) is 0 Å². The molecule has 0 aromatic heterocycles. The van der Waals surface area contributed by atoms with Crippen LogP contribution in [0.25, 0.3) is 0 Å². The second kappa shape index (κ2) is 6.24. The molecule has 1 aromatic rings. The molecule has 0 bridgehead atoms. The first-order chi connectivity index (χ1) is 8.10. The zero-order valence-electron chi connectivity index (χ0n) is 10.8. The Bertz CT molecular complexity index is 405. The van der Waals surface area contributed by atoms with E-state index in [4.69, 9.17) is 4.74 Å². The van der Waals surface area contributed by atoms with Crippen molar-refractivity contribution >= 4 is 5.78 Å². The van der Waals surface area contributed by atoms with Crippen molar-refractivity contribution in [2.24, 2.45) is 0 Å². The van der Waals surface area contributed by atoms with Crippen molar-refractivity contribution < 1.29 is 9.53 Å². The van der Waals surface area contributed by atoms with E-state index >= 15 is 0 Å². The molecule has 0 N–H and O–H groups in total. The van der Waals surface area contributed by atoms with E-state index in [0.717, 1.165) is 17.7 Å². The third kappa shape index (κ3) is 3.45. The van der Waals surface area contributed by atoms with Crippen LogP contribution >= 0.6 is 0 Å². The molecule has 0 unspecified atom stereocenters. The van der Waals surface area contributed by atoms with E-state index in [1.165, 1.54) is 6.08 Å². The van der Waals surface area contributed by atoms with E-state index < -0.39 is 0 Å². The summed E-state index contributed by atoms with van der Waals surface area (Å²) in [5.74, 6) is 1.16. The molecule has 0 aliphatic rings. The predicted molar refractivity (Wildman–Crippen MR) is 70.8 cm³/mol. The Balaban J connectivity index is 3.07. The second-order valence-electron chi connectivity index (χ2n) is 4.32. The standard InChI is InChI=1S/C15H20O2/c1-5-9-17-15-8-7-12(14(16)6-2)10-13(15)11(3)4/h6-8,10-11H,2,5,9H2,1,3-4H3. The van der Waals surface area contributed by atoms with Crippen molar-refractivity contribution in [3.05, 3.63) is 42.0 Å². The molecule has 0 saturated heterocycles. The first kappa shape index (κ1) is 13.5. The van der Waals surface area contributed by atoms with E-state index in [1.807, 2.05) is 12.1 Å². The molecule has 2 heteroatoms. The van der Waals surface area contributed by atoms with Crippen LogP contribution < -0.4 is 4.74 Å². The number of rotatable bonds is 6. The summed E-state index contributed by atoms with van der Waals surface area (Å²) in [5.41, 5.74) is 1.75. The predicted octanol–water partition coefficient (Wildman–Crippen LogP) is 3.97. The SMILES string of the molecule is C=CC(=O)c1ccc(OCCC)c(C(C)C)c1. The number of hydrogen-bond acceptors (Lipinski definition) is 2. The molecule has 0 amide bonds. The fourth-order valence-electron chi connectivity index (χ4n) is 1.61. The normalized spacial score (nSPS) is 10.4. The molecule has 17 heavy (non-hydrogen) atoms. The highest BCUT2D eigenvalue weighted by molar-refractivity contribution is 6.04. The first-order valence-corrected chi connectivity index (χ1v) is 6.03. The van der Waals surface area contributed by atoms with Crippen LogP contribution in [-0.4, -0.2) is 12.4 Å². The van der Waals surface area contributed by atoms with Crippen LogP contribution in [0.15, 0.2) is 30.9 Å². The quantitative estimate of drug-likeness (QED) is 0.548. The van der Waals surface area contributed by atoms with Gasteiger partial charge in [0.2, 0.25) is 0 Å². The largest absolute Gasteiger partial charge is 0.493 e. The Kier molecular flexibility index (Phi) is 4.95. The Morgan fingerprint density at radius 2 is 2.18 bits per heavy atom. The summed E-state index contributed by atoms with van der Waals surface area (Å²) in [6.45, 7) is 10.5. The van der Waals surface area contributed by atoms with Crippen molar-refractivity contribution in [1.29, 1.82) is 0 Å². The lowest BCUT2D eigenvalue weighted by Crippen LogP contribution is -2.03. The number of carbonyl (C=O) groups excluding carboxylic acids is 1. The van der Waals surface area contributed by atoms with Gasteiger partial charge in [-0.1, -0.05) is 27.4 Å². The minimum Gasteiger partial charge on any atom is -0.493 e. The number of ketones is 1. The maximum Gasteiger partial charge on any atom is 0.185 e. The monoisotopic (exact) mass is 232 g/mol. The molecule has 0 spiro atoms. The Morgan fingerprint density at radius 1 is 1.47 bits per heavy atom. The Morgan fingerprint density at radius 3 is 2.71 bits per heavy atom. The van der Waals surface area contributed by atoms with Gasteiger partial charge in [0.15, 0.2) is 5.78 Å². The van der Waals surface area contributed by atoms with Gasteiger partial charge in [-0.15, -0.1) is 0 Å². The van der Waals surface area contributed by atoms with Gasteiger partial charge in [-0.2, -0.15) is 0 Å². The Labute approximate surface area is 103 Å². The number of hydrogen-bond donors (Lipinski definition) is 0. The highest BCUT2D eigenvalue weighted by atomic mass is 16.5. The molecule has 92 valence electrons. The molecule has 0 radical (unpaired) electrons. The molecule has 0 heterocycles. The molecule has 0 aliphatic carbocycles. The number of carbonyl (C=O) groups is 1. The number of ether oxygens (including phenoxy) is 1. The van der Waals surface area contributed by atoms with E-state index in [-0.39, 0.29) is 5.78 Å². The lowest BCUT2D eigenvalue weighted by molar-refractivity contribution is 0.104. The van der Waals surface area contributed by atoms with Gasteiger partial charge in [-0.3, -0.25) is 4.79 Å². The Hall–Kier alpha value is -1.57. The number of benzene rings is 1. The molecule has 0 atom stereocenters. The van der Waals surface area contributed by atoms with Gasteiger partial charge < -0.3 is 4.74 Å². The molecular formula is C15H20O2. The minimum atomic E-state index is -0.0473. The van der Waals surface area contributed by atoms with Crippen LogP contribution in [0.4, 0.5) is 0 Å². The van der Waals surface area contributed by atoms with Crippen molar-refractivity contribution in [2.45, 2.75) is 33.1 Å². The summed E-state index contributed by atoms with van der Waals surface area (Å²) in [4.78, 5) is 11.6. The third-order valence-corrected chi connectivity index (χ3v) is 2.56. The van der Waals surface area contributed by atoms with Crippen molar-refractivity contribution in [1.82, 2.24) is 0 Å². The van der Waals surface area contributed by atoms with Crippen LogP contribution in [0.1, 0.15) is 49.0 Å². The topological polar surface area (TPSA) is 26.3 Å². The summed E-state index contributed by atoms with van der Waals surface area (Å²) in [6.07, 6.45) is 2.32. The van der Waals surface area contributed by atoms with Crippen LogP contribution in [0.2, 0.25) is 0 Å². The van der Waals surface area contributed by atoms with Crippen molar-refractivity contribution in [3.63, 3.8) is 0 Å². The van der Waals surface area contributed by atoms with Gasteiger partial charge in [0.1, 0.15) is 5.75 Å². The van der Waals surface area contributed by atoms with E-state index in [9.17, 15) is 4.79 Å². The smallest absolute Gasteiger partial charge is 0.185 e. The molecule has 2 nitrogen and oxygen atoms in total. The molecule has 0 fully saturated rings. The van der Waals surface area contributed by atoms with Gasteiger partial charge in [0.25, 0.3) is 0 Å². The summed E-state index contributed by atoms with van der Waals surface area (Å²) in [6, 6.07) is 5.57. The van der Waals surface area contributed by atoms with Gasteiger partial charge in [0.05, 0.1) is 6.61 Å². The van der Waals surface area contributed by atoms with E-state index in [2.05, 4.69) is 27.4 Å². The average molecular weight is 232 g/mol. The molecule has 0 saturated carbocycles. The van der Waals surface area contributed by atoms with Gasteiger partial charge >= 0.3 is 0 Å². The highest BCUT2D eigenvalue weighted by Gasteiger charge is 2.11. The molecular weight excluding hydrogens is 212 g/mol. The fraction of sp³-hybridized carbons (Fsp3) is 0.400. The van der Waals surface area contributed by atoms with E-state index in [0.29, 0.717) is 18.1 Å². The molecule has 1 rings (SSSR count). The maximum atomic E-state index is 11.6. The average Bonchev–Trinajstić information content (AvgIpc) is 2.35. The lowest BCUT2D eigenvalue weighted by Gasteiger charge is -2.14. The fourth-order valence-corrected chi connectivity index (χ4v) is 1.61. The van der Waals surface area contributed by atoms with Crippen molar-refractivity contribution in [2.75, 3.05) is 6.61 Å². The van der Waals surface area contributed by atoms with Crippen LogP contribution in [0, 0.1) is 0 Å². The van der Waals surface area contributed by atoms with Gasteiger partial charge in [-0.25, -0.2) is 0 Å². The summed E-state index contributed by atoms with van der Waals surface area (Å²) >= 11 is 0. The first-order valence-electron chi connectivity index (χ1n) is 6.03. The number of allylic oxidation sites excluding steroid dienone is 1. The van der Waals surface area contributed by atoms with Crippen molar-refractivity contribution in [3.8, 4) is 5.75 Å². The van der Waals surface area contributed by atoms with Gasteiger partial charge in [-0.05, 0) is 42.2 Å². The van der Waals surface area contributed by atoms with Gasteiger partial charge in [0, 0.05) is 5.56 Å². The lowest BCUT2D eigenvalue weighted by atomic mass is 9.98. The summed E-state index contributed by atoms with van der Waals surface area (Å²) < 4.78 is 5.68. The second-order valence-corrected chi connectivity index (χ2v) is 4.32. The van der Waals surface area contributed by atoms with Crippen LogP contribution in [0.5, 0.6) is 5.75 Å². The van der Waals surface area contributed by atoms with Crippen LogP contribution in [0.3, 0.4) is 0 Å². The minimum absolute atomic E-state index is 0.0473. The summed E-state index contributed by atoms with van der Waals surface area (Å²) in [5, 5.41) is 0. The van der Waals surface area contributed by atoms with E-state index in [1.54, 1.807) is 6.07 Å². The maximum absolute atomic E-state index is 11.6. The summed E-state index contributed by atoms with van der Waals surface area (Å²) in [7, 11) is 0. The molecule has 1 aromatic carbocycles. The third-order valence-electron chi connectivity index (χ3n) is 2.56.